The monoisotopic (exact) mass is 256 g/mol. The normalized spacial score (nSPS) is 27.2. The minimum atomic E-state index is -0.0920. The number of hydrogen-bond donors (Lipinski definition) is 2. The van der Waals surface area contributed by atoms with Gasteiger partial charge in [0, 0.05) is 6.61 Å². The van der Waals surface area contributed by atoms with Crippen molar-refractivity contribution in [3.05, 3.63) is 0 Å². The van der Waals surface area contributed by atoms with Crippen molar-refractivity contribution >= 4 is 0 Å². The van der Waals surface area contributed by atoms with Crippen molar-refractivity contribution in [3.8, 4) is 0 Å². The molecule has 0 aliphatic heterocycles. The van der Waals surface area contributed by atoms with Crippen LogP contribution in [-0.2, 0) is 4.74 Å². The summed E-state index contributed by atoms with van der Waals surface area (Å²) >= 11 is 0. The van der Waals surface area contributed by atoms with Crippen LogP contribution in [-0.4, -0.2) is 18.2 Å². The summed E-state index contributed by atoms with van der Waals surface area (Å²) in [7, 11) is 0. The van der Waals surface area contributed by atoms with E-state index in [1.165, 1.54) is 25.7 Å². The molecular weight excluding hydrogens is 224 g/mol. The molecule has 1 aliphatic rings. The largest absolute Gasteiger partial charge is 0.374 e. The van der Waals surface area contributed by atoms with Gasteiger partial charge in [-0.3, -0.25) is 11.3 Å². The fourth-order valence-corrected chi connectivity index (χ4v) is 3.77. The quantitative estimate of drug-likeness (QED) is 0.543. The smallest absolute Gasteiger partial charge is 0.0845 e. The molecule has 0 amide bonds. The highest BCUT2D eigenvalue weighted by molar-refractivity contribution is 4.96. The van der Waals surface area contributed by atoms with Crippen molar-refractivity contribution in [1.29, 1.82) is 0 Å². The molecule has 3 atom stereocenters. The second-order valence-electron chi connectivity index (χ2n) is 5.88. The lowest BCUT2D eigenvalue weighted by Gasteiger charge is -2.45. The Labute approximate surface area is 113 Å². The molecule has 0 aromatic carbocycles. The first-order valence-corrected chi connectivity index (χ1v) is 7.73. The first-order chi connectivity index (χ1) is 8.63. The molecule has 0 radical (unpaired) electrons. The van der Waals surface area contributed by atoms with E-state index in [1.807, 2.05) is 0 Å². The Morgan fingerprint density at radius 1 is 1.28 bits per heavy atom. The van der Waals surface area contributed by atoms with Gasteiger partial charge in [-0.1, -0.05) is 33.6 Å². The van der Waals surface area contributed by atoms with Gasteiger partial charge in [0.2, 0.25) is 0 Å². The third-order valence-electron chi connectivity index (χ3n) is 4.82. The number of rotatable bonds is 7. The van der Waals surface area contributed by atoms with Crippen molar-refractivity contribution in [2.24, 2.45) is 17.7 Å². The molecule has 0 spiro atoms. The summed E-state index contributed by atoms with van der Waals surface area (Å²) in [6.07, 6.45) is 7.32. The number of ether oxygens (including phenoxy) is 1. The number of hydrogen-bond acceptors (Lipinski definition) is 3. The van der Waals surface area contributed by atoms with Gasteiger partial charge in [-0.05, 0) is 44.4 Å². The maximum Gasteiger partial charge on any atom is 0.0845 e. The number of nitrogens with two attached hydrogens (primary N) is 1. The summed E-state index contributed by atoms with van der Waals surface area (Å²) in [6.45, 7) is 9.64. The standard InChI is InChI=1S/C15H32N2O/c1-5-15(6-2,18-7-3)14(17-16)13-10-8-9-12(4)11-13/h12-14,17H,5-11,16H2,1-4H3. The predicted molar refractivity (Wildman–Crippen MR) is 77.2 cm³/mol. The van der Waals surface area contributed by atoms with E-state index in [-0.39, 0.29) is 11.6 Å². The fourth-order valence-electron chi connectivity index (χ4n) is 3.77. The number of nitrogens with one attached hydrogen (secondary N) is 1. The van der Waals surface area contributed by atoms with Crippen LogP contribution < -0.4 is 11.3 Å². The van der Waals surface area contributed by atoms with Crippen LogP contribution in [0.3, 0.4) is 0 Å². The predicted octanol–water partition coefficient (Wildman–Crippen LogP) is 3.24. The van der Waals surface area contributed by atoms with Gasteiger partial charge in [0.05, 0.1) is 11.6 Å². The molecular formula is C15H32N2O. The molecule has 3 unspecified atom stereocenters. The fraction of sp³-hybridized carbons (Fsp3) is 1.00. The van der Waals surface area contributed by atoms with Crippen LogP contribution in [0.25, 0.3) is 0 Å². The molecule has 3 N–H and O–H groups in total. The summed E-state index contributed by atoms with van der Waals surface area (Å²) in [6, 6.07) is 0.287. The number of hydrazine groups is 1. The topological polar surface area (TPSA) is 47.3 Å². The van der Waals surface area contributed by atoms with E-state index in [4.69, 9.17) is 10.6 Å². The highest BCUT2D eigenvalue weighted by Crippen LogP contribution is 2.37. The van der Waals surface area contributed by atoms with Gasteiger partial charge in [-0.25, -0.2) is 0 Å². The second-order valence-corrected chi connectivity index (χ2v) is 5.88. The van der Waals surface area contributed by atoms with Gasteiger partial charge in [0.1, 0.15) is 0 Å². The van der Waals surface area contributed by atoms with E-state index in [0.29, 0.717) is 5.92 Å². The minimum Gasteiger partial charge on any atom is -0.374 e. The van der Waals surface area contributed by atoms with Crippen molar-refractivity contribution in [3.63, 3.8) is 0 Å². The third-order valence-corrected chi connectivity index (χ3v) is 4.82. The molecule has 0 heterocycles. The molecule has 1 fully saturated rings. The Hall–Kier alpha value is -0.120. The average Bonchev–Trinajstić information content (AvgIpc) is 2.38. The Bertz CT molecular complexity index is 229. The zero-order valence-electron chi connectivity index (χ0n) is 12.7. The van der Waals surface area contributed by atoms with Gasteiger partial charge >= 0.3 is 0 Å². The summed E-state index contributed by atoms with van der Waals surface area (Å²) in [5.41, 5.74) is 3.00. The molecule has 3 heteroatoms. The summed E-state index contributed by atoms with van der Waals surface area (Å²) in [5, 5.41) is 0. The van der Waals surface area contributed by atoms with Crippen LogP contribution in [0.1, 0.15) is 66.2 Å². The van der Waals surface area contributed by atoms with Crippen LogP contribution in [0.5, 0.6) is 0 Å². The second kappa shape index (κ2) is 7.46. The molecule has 108 valence electrons. The van der Waals surface area contributed by atoms with Gasteiger partial charge in [0.25, 0.3) is 0 Å². The minimum absolute atomic E-state index is 0.0920. The first-order valence-electron chi connectivity index (χ1n) is 7.73. The van der Waals surface area contributed by atoms with E-state index >= 15 is 0 Å². The molecule has 0 saturated heterocycles. The lowest BCUT2D eigenvalue weighted by Crippen LogP contribution is -2.58. The van der Waals surface area contributed by atoms with Gasteiger partial charge < -0.3 is 4.74 Å². The highest BCUT2D eigenvalue weighted by Gasteiger charge is 2.41. The maximum atomic E-state index is 6.13. The van der Waals surface area contributed by atoms with Crippen molar-refractivity contribution in [1.82, 2.24) is 5.43 Å². The molecule has 3 nitrogen and oxygen atoms in total. The Kier molecular flexibility index (Phi) is 6.61. The van der Waals surface area contributed by atoms with Gasteiger partial charge in [-0.2, -0.15) is 0 Å². The summed E-state index contributed by atoms with van der Waals surface area (Å²) in [4.78, 5) is 0. The lowest BCUT2D eigenvalue weighted by atomic mass is 9.72. The van der Waals surface area contributed by atoms with E-state index in [1.54, 1.807) is 0 Å². The zero-order chi connectivity index (χ0) is 13.6. The van der Waals surface area contributed by atoms with Crippen LogP contribution in [0.2, 0.25) is 0 Å². The third kappa shape index (κ3) is 3.46. The van der Waals surface area contributed by atoms with Crippen molar-refractivity contribution in [2.45, 2.75) is 77.9 Å². The SMILES string of the molecule is CCOC(CC)(CC)C(NN)C1CCCC(C)C1. The average molecular weight is 256 g/mol. The van der Waals surface area contributed by atoms with Crippen molar-refractivity contribution < 1.29 is 4.74 Å². The maximum absolute atomic E-state index is 6.13. The van der Waals surface area contributed by atoms with Crippen LogP contribution in [0, 0.1) is 11.8 Å². The Balaban J connectivity index is 2.83. The molecule has 18 heavy (non-hydrogen) atoms. The van der Waals surface area contributed by atoms with E-state index in [0.717, 1.165) is 25.4 Å². The van der Waals surface area contributed by atoms with Crippen molar-refractivity contribution in [2.75, 3.05) is 6.61 Å². The van der Waals surface area contributed by atoms with E-state index < -0.39 is 0 Å². The summed E-state index contributed by atoms with van der Waals surface area (Å²) < 4.78 is 6.13. The van der Waals surface area contributed by atoms with Crippen LogP contribution in [0.4, 0.5) is 0 Å². The Morgan fingerprint density at radius 3 is 2.39 bits per heavy atom. The highest BCUT2D eigenvalue weighted by atomic mass is 16.5. The molecule has 1 rings (SSSR count). The zero-order valence-corrected chi connectivity index (χ0v) is 12.7. The first kappa shape index (κ1) is 15.9. The van der Waals surface area contributed by atoms with Gasteiger partial charge in [0.15, 0.2) is 0 Å². The molecule has 0 bridgehead atoms. The van der Waals surface area contributed by atoms with Crippen LogP contribution >= 0.6 is 0 Å². The van der Waals surface area contributed by atoms with E-state index in [9.17, 15) is 0 Å². The molecule has 1 aliphatic carbocycles. The van der Waals surface area contributed by atoms with Crippen LogP contribution in [0.15, 0.2) is 0 Å². The molecule has 1 saturated carbocycles. The van der Waals surface area contributed by atoms with Gasteiger partial charge in [-0.15, -0.1) is 0 Å². The van der Waals surface area contributed by atoms with E-state index in [2.05, 4.69) is 33.1 Å². The molecule has 0 aromatic heterocycles. The Morgan fingerprint density at radius 2 is 1.94 bits per heavy atom. The lowest BCUT2D eigenvalue weighted by molar-refractivity contribution is -0.0906. The summed E-state index contributed by atoms with van der Waals surface area (Å²) in [5.74, 6) is 7.37. The molecule has 0 aromatic rings.